The standard InChI is InChI=1S/C18H13NOS/c20-18(16-12-7-13-21-16)19-17(14-8-3-1-4-9-14)15-10-5-2-6-11-15/h1-13H. The van der Waals surface area contributed by atoms with Crippen molar-refractivity contribution in [2.24, 2.45) is 4.99 Å². The fourth-order valence-electron chi connectivity index (χ4n) is 2.04. The van der Waals surface area contributed by atoms with Crippen molar-refractivity contribution in [2.75, 3.05) is 0 Å². The first kappa shape index (κ1) is 13.5. The lowest BCUT2D eigenvalue weighted by molar-refractivity contribution is 0.101. The Kier molecular flexibility index (Phi) is 4.03. The van der Waals surface area contributed by atoms with Crippen LogP contribution in [0, 0.1) is 0 Å². The van der Waals surface area contributed by atoms with E-state index in [1.54, 1.807) is 6.07 Å². The number of aliphatic imine (C=N–C) groups is 1. The normalized spacial score (nSPS) is 10.1. The van der Waals surface area contributed by atoms with Gasteiger partial charge in [0.05, 0.1) is 10.6 Å². The molecular weight excluding hydrogens is 278 g/mol. The summed E-state index contributed by atoms with van der Waals surface area (Å²) in [6.45, 7) is 0. The number of amides is 1. The number of benzene rings is 2. The molecule has 0 unspecified atom stereocenters. The van der Waals surface area contributed by atoms with E-state index in [0.717, 1.165) is 11.1 Å². The molecule has 0 fully saturated rings. The third-order valence-corrected chi connectivity index (χ3v) is 3.90. The Hall–Kier alpha value is -2.52. The molecule has 3 aromatic rings. The van der Waals surface area contributed by atoms with E-state index in [1.165, 1.54) is 11.3 Å². The second kappa shape index (κ2) is 6.29. The Balaban J connectivity index is 2.07. The summed E-state index contributed by atoms with van der Waals surface area (Å²) in [4.78, 5) is 17.3. The van der Waals surface area contributed by atoms with E-state index in [4.69, 9.17) is 0 Å². The van der Waals surface area contributed by atoms with Crippen LogP contribution in [0.15, 0.2) is 83.2 Å². The molecule has 0 saturated carbocycles. The van der Waals surface area contributed by atoms with Gasteiger partial charge in [-0.15, -0.1) is 11.3 Å². The highest BCUT2D eigenvalue weighted by Gasteiger charge is 2.11. The van der Waals surface area contributed by atoms with Crippen LogP contribution in [0.4, 0.5) is 0 Å². The predicted octanol–water partition coefficient (Wildman–Crippen LogP) is 4.43. The van der Waals surface area contributed by atoms with Crippen molar-refractivity contribution in [2.45, 2.75) is 0 Å². The van der Waals surface area contributed by atoms with E-state index >= 15 is 0 Å². The van der Waals surface area contributed by atoms with Gasteiger partial charge in [0.1, 0.15) is 0 Å². The molecule has 0 bridgehead atoms. The van der Waals surface area contributed by atoms with Crippen LogP contribution in [0.1, 0.15) is 20.8 Å². The molecular formula is C18H13NOS. The van der Waals surface area contributed by atoms with E-state index in [0.29, 0.717) is 10.6 Å². The van der Waals surface area contributed by atoms with Gasteiger partial charge in [0.15, 0.2) is 0 Å². The number of hydrogen-bond acceptors (Lipinski definition) is 2. The fourth-order valence-corrected chi connectivity index (χ4v) is 2.65. The minimum Gasteiger partial charge on any atom is -0.266 e. The van der Waals surface area contributed by atoms with Crippen LogP contribution in [-0.2, 0) is 0 Å². The van der Waals surface area contributed by atoms with Crippen LogP contribution in [-0.4, -0.2) is 11.6 Å². The molecule has 0 saturated heterocycles. The smallest absolute Gasteiger partial charge is 0.266 e. The average Bonchev–Trinajstić information content (AvgIpc) is 3.09. The Morgan fingerprint density at radius 3 is 1.81 bits per heavy atom. The molecule has 2 aromatic carbocycles. The number of rotatable bonds is 3. The van der Waals surface area contributed by atoms with Crippen molar-refractivity contribution in [1.82, 2.24) is 0 Å². The molecule has 1 heterocycles. The SMILES string of the molecule is O=C(N=C(c1ccccc1)c1ccccc1)c1cccs1. The van der Waals surface area contributed by atoms with E-state index in [-0.39, 0.29) is 5.91 Å². The van der Waals surface area contributed by atoms with Crippen LogP contribution in [0.2, 0.25) is 0 Å². The van der Waals surface area contributed by atoms with Crippen molar-refractivity contribution < 1.29 is 4.79 Å². The minimum atomic E-state index is -0.201. The third kappa shape index (κ3) is 3.15. The van der Waals surface area contributed by atoms with Crippen molar-refractivity contribution in [3.8, 4) is 0 Å². The first-order chi connectivity index (χ1) is 10.3. The third-order valence-electron chi connectivity index (χ3n) is 3.04. The number of nitrogens with zero attached hydrogens (tertiary/aromatic N) is 1. The maximum atomic E-state index is 12.3. The highest BCUT2D eigenvalue weighted by Crippen LogP contribution is 2.15. The van der Waals surface area contributed by atoms with Crippen molar-refractivity contribution in [3.05, 3.63) is 94.2 Å². The van der Waals surface area contributed by atoms with Gasteiger partial charge in [0, 0.05) is 11.1 Å². The first-order valence-corrected chi connectivity index (χ1v) is 7.50. The minimum absolute atomic E-state index is 0.201. The zero-order valence-corrected chi connectivity index (χ0v) is 12.1. The summed E-state index contributed by atoms with van der Waals surface area (Å²) < 4.78 is 0. The van der Waals surface area contributed by atoms with Crippen LogP contribution in [0.25, 0.3) is 0 Å². The molecule has 3 rings (SSSR count). The van der Waals surface area contributed by atoms with Gasteiger partial charge in [-0.1, -0.05) is 66.7 Å². The Labute approximate surface area is 127 Å². The van der Waals surface area contributed by atoms with E-state index in [9.17, 15) is 4.79 Å². The van der Waals surface area contributed by atoms with E-state index in [1.807, 2.05) is 72.1 Å². The summed E-state index contributed by atoms with van der Waals surface area (Å²) in [5.74, 6) is -0.201. The zero-order valence-electron chi connectivity index (χ0n) is 11.3. The quantitative estimate of drug-likeness (QED) is 0.657. The van der Waals surface area contributed by atoms with Gasteiger partial charge < -0.3 is 0 Å². The molecule has 0 aliphatic rings. The lowest BCUT2D eigenvalue weighted by atomic mass is 10.0. The summed E-state index contributed by atoms with van der Waals surface area (Å²) in [6.07, 6.45) is 0. The summed E-state index contributed by atoms with van der Waals surface area (Å²) >= 11 is 1.41. The largest absolute Gasteiger partial charge is 0.287 e. The Morgan fingerprint density at radius 1 is 0.762 bits per heavy atom. The predicted molar refractivity (Wildman–Crippen MR) is 87.2 cm³/mol. The molecule has 1 amide bonds. The van der Waals surface area contributed by atoms with Crippen LogP contribution in [0.3, 0.4) is 0 Å². The van der Waals surface area contributed by atoms with Gasteiger partial charge in [-0.05, 0) is 11.4 Å². The van der Waals surface area contributed by atoms with E-state index < -0.39 is 0 Å². The van der Waals surface area contributed by atoms with Gasteiger partial charge in [-0.3, -0.25) is 4.79 Å². The molecule has 1 aromatic heterocycles. The van der Waals surface area contributed by atoms with Gasteiger partial charge in [0.25, 0.3) is 5.91 Å². The van der Waals surface area contributed by atoms with Crippen LogP contribution in [0.5, 0.6) is 0 Å². The zero-order chi connectivity index (χ0) is 14.5. The Morgan fingerprint density at radius 2 is 1.33 bits per heavy atom. The molecule has 0 aliphatic carbocycles. The van der Waals surface area contributed by atoms with Crippen LogP contribution >= 0.6 is 11.3 Å². The van der Waals surface area contributed by atoms with Gasteiger partial charge in [-0.2, -0.15) is 0 Å². The van der Waals surface area contributed by atoms with Crippen molar-refractivity contribution in [3.63, 3.8) is 0 Å². The molecule has 0 radical (unpaired) electrons. The maximum Gasteiger partial charge on any atom is 0.287 e. The summed E-state index contributed by atoms with van der Waals surface area (Å²) in [6, 6.07) is 23.2. The summed E-state index contributed by atoms with van der Waals surface area (Å²) in [5.41, 5.74) is 2.58. The number of carbonyl (C=O) groups is 1. The second-order valence-electron chi connectivity index (χ2n) is 4.47. The fraction of sp³-hybridized carbons (Fsp3) is 0. The monoisotopic (exact) mass is 291 g/mol. The number of hydrogen-bond donors (Lipinski definition) is 0. The highest BCUT2D eigenvalue weighted by atomic mass is 32.1. The van der Waals surface area contributed by atoms with Gasteiger partial charge in [0.2, 0.25) is 0 Å². The molecule has 0 N–H and O–H groups in total. The molecule has 21 heavy (non-hydrogen) atoms. The molecule has 102 valence electrons. The lowest BCUT2D eigenvalue weighted by Gasteiger charge is -2.06. The molecule has 0 atom stereocenters. The molecule has 0 spiro atoms. The van der Waals surface area contributed by atoms with Crippen molar-refractivity contribution in [1.29, 1.82) is 0 Å². The topological polar surface area (TPSA) is 29.4 Å². The number of thiophene rings is 1. The summed E-state index contributed by atoms with van der Waals surface area (Å²) in [5, 5.41) is 1.88. The van der Waals surface area contributed by atoms with E-state index in [2.05, 4.69) is 4.99 Å². The van der Waals surface area contributed by atoms with Gasteiger partial charge in [-0.25, -0.2) is 4.99 Å². The van der Waals surface area contributed by atoms with Gasteiger partial charge >= 0.3 is 0 Å². The molecule has 2 nitrogen and oxygen atoms in total. The van der Waals surface area contributed by atoms with Crippen LogP contribution < -0.4 is 0 Å². The average molecular weight is 291 g/mol. The summed E-state index contributed by atoms with van der Waals surface area (Å²) in [7, 11) is 0. The first-order valence-electron chi connectivity index (χ1n) is 6.62. The lowest BCUT2D eigenvalue weighted by Crippen LogP contribution is -2.06. The van der Waals surface area contributed by atoms with Crippen molar-refractivity contribution >= 4 is 23.0 Å². The Bertz CT molecular complexity index is 705. The number of carbonyl (C=O) groups excluding carboxylic acids is 1. The molecule has 0 aliphatic heterocycles. The second-order valence-corrected chi connectivity index (χ2v) is 5.42. The highest BCUT2D eigenvalue weighted by molar-refractivity contribution is 7.12. The maximum absolute atomic E-state index is 12.3. The molecule has 3 heteroatoms.